The van der Waals surface area contributed by atoms with Crippen molar-refractivity contribution in [3.8, 4) is 0 Å². The Balaban J connectivity index is 2.27. The van der Waals surface area contributed by atoms with Gasteiger partial charge in [0.25, 0.3) is 5.69 Å². The second-order valence-electron chi connectivity index (χ2n) is 4.85. The molecule has 0 saturated heterocycles. The Hall–Kier alpha value is -1.22. The summed E-state index contributed by atoms with van der Waals surface area (Å²) in [4.78, 5) is 9.68. The first kappa shape index (κ1) is 15.2. The predicted octanol–water partition coefficient (Wildman–Crippen LogP) is 1.30. The monoisotopic (exact) mass is 320 g/mol. The van der Waals surface area contributed by atoms with Crippen molar-refractivity contribution in [2.75, 3.05) is 13.2 Å². The van der Waals surface area contributed by atoms with Crippen LogP contribution in [0.4, 0.5) is 5.69 Å². The molecule has 1 aliphatic carbocycles. The van der Waals surface area contributed by atoms with Crippen LogP contribution >= 0.6 is 11.6 Å². The number of nitro benzene ring substituents is 1. The van der Waals surface area contributed by atoms with E-state index in [2.05, 4.69) is 4.72 Å². The van der Waals surface area contributed by atoms with Crippen LogP contribution in [0, 0.1) is 15.5 Å². The molecule has 110 valence electrons. The van der Waals surface area contributed by atoms with Crippen LogP contribution in [0.3, 0.4) is 0 Å². The molecule has 2 N–H and O–H groups in total. The number of sulfonamides is 1. The number of benzene rings is 1. The number of rotatable bonds is 6. The lowest BCUT2D eigenvalue weighted by molar-refractivity contribution is -0.387. The third-order valence-electron chi connectivity index (χ3n) is 3.34. The van der Waals surface area contributed by atoms with Gasteiger partial charge in [-0.1, -0.05) is 11.6 Å². The molecule has 1 fully saturated rings. The second kappa shape index (κ2) is 5.28. The van der Waals surface area contributed by atoms with Crippen molar-refractivity contribution in [2.24, 2.45) is 5.41 Å². The molecule has 0 amide bonds. The third kappa shape index (κ3) is 3.09. The molecule has 20 heavy (non-hydrogen) atoms. The number of hydrogen-bond acceptors (Lipinski definition) is 5. The van der Waals surface area contributed by atoms with E-state index in [0.29, 0.717) is 0 Å². The van der Waals surface area contributed by atoms with Gasteiger partial charge in [-0.2, -0.15) is 0 Å². The van der Waals surface area contributed by atoms with Crippen LogP contribution < -0.4 is 4.72 Å². The summed E-state index contributed by atoms with van der Waals surface area (Å²) < 4.78 is 26.5. The van der Waals surface area contributed by atoms with Gasteiger partial charge in [0.1, 0.15) is 0 Å². The van der Waals surface area contributed by atoms with Gasteiger partial charge in [0, 0.05) is 29.7 Å². The van der Waals surface area contributed by atoms with Crippen molar-refractivity contribution in [1.29, 1.82) is 0 Å². The predicted molar refractivity (Wildman–Crippen MR) is 72.0 cm³/mol. The Bertz CT molecular complexity index is 642. The van der Waals surface area contributed by atoms with Crippen molar-refractivity contribution in [3.05, 3.63) is 33.3 Å². The zero-order valence-corrected chi connectivity index (χ0v) is 11.9. The van der Waals surface area contributed by atoms with Crippen LogP contribution in [0.5, 0.6) is 0 Å². The van der Waals surface area contributed by atoms with E-state index in [9.17, 15) is 18.5 Å². The largest absolute Gasteiger partial charge is 0.396 e. The molecule has 1 aliphatic rings. The normalized spacial score (nSPS) is 16.9. The van der Waals surface area contributed by atoms with Gasteiger partial charge < -0.3 is 5.11 Å². The van der Waals surface area contributed by atoms with Gasteiger partial charge >= 0.3 is 0 Å². The lowest BCUT2D eigenvalue weighted by atomic mass is 10.1. The number of halogens is 1. The zero-order chi connectivity index (χ0) is 15.0. The fraction of sp³-hybridized carbons (Fsp3) is 0.455. The van der Waals surface area contributed by atoms with Crippen molar-refractivity contribution in [2.45, 2.75) is 17.7 Å². The SMILES string of the molecule is O=[N+]([O-])c1cc(Cl)ccc1S(=O)(=O)NCC1(CO)CC1. The quantitative estimate of drug-likeness (QED) is 0.606. The van der Waals surface area contributed by atoms with Gasteiger partial charge in [0.2, 0.25) is 10.0 Å². The lowest BCUT2D eigenvalue weighted by Crippen LogP contribution is -2.32. The van der Waals surface area contributed by atoms with Crippen molar-refractivity contribution < 1.29 is 18.4 Å². The Kier molecular flexibility index (Phi) is 4.01. The van der Waals surface area contributed by atoms with Crippen molar-refractivity contribution >= 4 is 27.3 Å². The molecule has 0 radical (unpaired) electrons. The first-order valence-electron chi connectivity index (χ1n) is 5.84. The molecule has 2 rings (SSSR count). The highest BCUT2D eigenvalue weighted by atomic mass is 35.5. The van der Waals surface area contributed by atoms with E-state index < -0.39 is 30.9 Å². The minimum atomic E-state index is -4.02. The van der Waals surface area contributed by atoms with E-state index in [0.717, 1.165) is 25.0 Å². The van der Waals surface area contributed by atoms with E-state index in [1.54, 1.807) is 0 Å². The molecule has 7 nitrogen and oxygen atoms in total. The van der Waals surface area contributed by atoms with E-state index in [1.807, 2.05) is 0 Å². The average molecular weight is 321 g/mol. The molecule has 0 unspecified atom stereocenters. The Morgan fingerprint density at radius 1 is 1.45 bits per heavy atom. The van der Waals surface area contributed by atoms with Crippen molar-refractivity contribution in [3.63, 3.8) is 0 Å². The van der Waals surface area contributed by atoms with Crippen LogP contribution in [-0.2, 0) is 10.0 Å². The van der Waals surface area contributed by atoms with E-state index in [1.165, 1.54) is 6.07 Å². The summed E-state index contributed by atoms with van der Waals surface area (Å²) >= 11 is 5.64. The van der Waals surface area contributed by atoms with Crippen molar-refractivity contribution in [1.82, 2.24) is 4.72 Å². The summed E-state index contributed by atoms with van der Waals surface area (Å²) in [6.07, 6.45) is 1.46. The molecule has 9 heteroatoms. The molecular weight excluding hydrogens is 308 g/mol. The van der Waals surface area contributed by atoms with E-state index >= 15 is 0 Å². The summed E-state index contributed by atoms with van der Waals surface area (Å²) in [5.41, 5.74) is -0.993. The third-order valence-corrected chi connectivity index (χ3v) is 5.02. The van der Waals surface area contributed by atoms with Gasteiger partial charge in [0.15, 0.2) is 4.90 Å². The van der Waals surface area contributed by atoms with E-state index in [4.69, 9.17) is 16.7 Å². The van der Waals surface area contributed by atoms with Crippen LogP contribution in [-0.4, -0.2) is 31.6 Å². The smallest absolute Gasteiger partial charge is 0.290 e. The Morgan fingerprint density at radius 2 is 2.10 bits per heavy atom. The lowest BCUT2D eigenvalue weighted by Gasteiger charge is -2.13. The van der Waals surface area contributed by atoms with E-state index in [-0.39, 0.29) is 18.2 Å². The van der Waals surface area contributed by atoms with Crippen LogP contribution in [0.25, 0.3) is 0 Å². The minimum absolute atomic E-state index is 0.0611. The number of aliphatic hydroxyl groups excluding tert-OH is 1. The molecule has 1 aromatic carbocycles. The summed E-state index contributed by atoms with van der Waals surface area (Å²) in [6, 6.07) is 3.37. The molecule has 0 aromatic heterocycles. The zero-order valence-electron chi connectivity index (χ0n) is 10.4. The highest BCUT2D eigenvalue weighted by Gasteiger charge is 2.43. The van der Waals surface area contributed by atoms with Gasteiger partial charge in [-0.25, -0.2) is 13.1 Å². The molecule has 0 spiro atoms. The summed E-state index contributed by atoms with van der Waals surface area (Å²) in [5.74, 6) is 0. The molecule has 0 heterocycles. The number of nitrogens with one attached hydrogen (secondary N) is 1. The van der Waals surface area contributed by atoms with Gasteiger partial charge in [-0.15, -0.1) is 0 Å². The second-order valence-corrected chi connectivity index (χ2v) is 7.02. The summed E-state index contributed by atoms with van der Waals surface area (Å²) in [6.45, 7) is -0.0517. The maximum Gasteiger partial charge on any atom is 0.290 e. The molecule has 1 saturated carbocycles. The molecule has 0 aliphatic heterocycles. The number of hydrogen-bond donors (Lipinski definition) is 2. The molecule has 0 bridgehead atoms. The highest BCUT2D eigenvalue weighted by Crippen LogP contribution is 2.44. The van der Waals surface area contributed by atoms with Gasteiger partial charge in [-0.05, 0) is 25.0 Å². The fourth-order valence-electron chi connectivity index (χ4n) is 1.75. The maximum atomic E-state index is 12.1. The first-order chi connectivity index (χ1) is 9.30. The summed E-state index contributed by atoms with van der Waals surface area (Å²) in [7, 11) is -4.02. The number of nitrogens with zero attached hydrogens (tertiary/aromatic N) is 1. The highest BCUT2D eigenvalue weighted by molar-refractivity contribution is 7.89. The van der Waals surface area contributed by atoms with Gasteiger partial charge in [-0.3, -0.25) is 10.1 Å². The topological polar surface area (TPSA) is 110 Å². The fourth-order valence-corrected chi connectivity index (χ4v) is 3.23. The van der Waals surface area contributed by atoms with Crippen LogP contribution in [0.1, 0.15) is 12.8 Å². The summed E-state index contributed by atoms with van der Waals surface area (Å²) in [5, 5.41) is 20.1. The van der Waals surface area contributed by atoms with Crippen LogP contribution in [0.2, 0.25) is 5.02 Å². The molecular formula is C11H13ClN2O5S. The van der Waals surface area contributed by atoms with Crippen LogP contribution in [0.15, 0.2) is 23.1 Å². The molecule has 0 atom stereocenters. The van der Waals surface area contributed by atoms with Gasteiger partial charge in [0.05, 0.1) is 4.92 Å². The average Bonchev–Trinajstić information content (AvgIpc) is 3.17. The maximum absolute atomic E-state index is 12.1. The molecule has 1 aromatic rings. The Labute approximate surface area is 120 Å². The number of nitro groups is 1. The standard InChI is InChI=1S/C11H13ClN2O5S/c12-8-1-2-10(9(5-8)14(16)17)20(18,19)13-6-11(7-15)3-4-11/h1-2,5,13,15H,3-4,6-7H2. The Morgan fingerprint density at radius 3 is 2.60 bits per heavy atom. The number of aliphatic hydroxyl groups is 1. The minimum Gasteiger partial charge on any atom is -0.396 e. The first-order valence-corrected chi connectivity index (χ1v) is 7.70.